The zero-order chi connectivity index (χ0) is 17.5. The van der Waals surface area contributed by atoms with E-state index in [9.17, 15) is 4.79 Å². The lowest BCUT2D eigenvalue weighted by molar-refractivity contribution is -0.127. The van der Waals surface area contributed by atoms with E-state index in [1.165, 1.54) is 0 Å². The van der Waals surface area contributed by atoms with Crippen LogP contribution in [0.15, 0.2) is 23.2 Å². The molecule has 1 aromatic rings. The summed E-state index contributed by atoms with van der Waals surface area (Å²) in [6.07, 6.45) is 0.965. The summed E-state index contributed by atoms with van der Waals surface area (Å²) in [6.45, 7) is 5.12. The number of benzene rings is 1. The highest BCUT2D eigenvalue weighted by Gasteiger charge is 2.13. The summed E-state index contributed by atoms with van der Waals surface area (Å²) in [5, 5.41) is 6.38. The molecule has 0 aliphatic carbocycles. The molecule has 2 N–H and O–H groups in total. The summed E-state index contributed by atoms with van der Waals surface area (Å²) in [6, 6.07) is 6.04. The minimum atomic E-state index is -0.00303. The number of fused-ring (bicyclic) bond motifs is 1. The number of carbonyl (C=O) groups excluding carboxylic acids is 1. The normalized spacial score (nSPS) is 13.7. The molecule has 1 aliphatic heterocycles. The smallest absolute Gasteiger partial charge is 0.241 e. The van der Waals surface area contributed by atoms with Crippen molar-refractivity contribution in [1.29, 1.82) is 0 Å². The first-order valence-electron chi connectivity index (χ1n) is 8.13. The van der Waals surface area contributed by atoms with Gasteiger partial charge in [-0.25, -0.2) is 4.99 Å². The number of rotatable bonds is 6. The predicted molar refractivity (Wildman–Crippen MR) is 109 cm³/mol. The molecule has 2 rings (SSSR count). The third-order valence-electron chi connectivity index (χ3n) is 3.76. The van der Waals surface area contributed by atoms with E-state index in [1.807, 2.05) is 18.2 Å². The van der Waals surface area contributed by atoms with Gasteiger partial charge in [0, 0.05) is 20.1 Å². The monoisotopic (exact) mass is 462 g/mol. The van der Waals surface area contributed by atoms with Gasteiger partial charge in [0.25, 0.3) is 0 Å². The van der Waals surface area contributed by atoms with Gasteiger partial charge in [-0.1, -0.05) is 13.0 Å². The van der Waals surface area contributed by atoms with Crippen LogP contribution in [0.2, 0.25) is 0 Å². The fraction of sp³-hybridized carbons (Fsp3) is 0.529. The van der Waals surface area contributed by atoms with Gasteiger partial charge in [-0.15, -0.1) is 24.0 Å². The third kappa shape index (κ3) is 6.60. The third-order valence-corrected chi connectivity index (χ3v) is 3.76. The molecule has 140 valence electrons. The largest absolute Gasteiger partial charge is 0.454 e. The number of nitrogens with zero attached hydrogens (tertiary/aromatic N) is 2. The summed E-state index contributed by atoms with van der Waals surface area (Å²) >= 11 is 0. The number of hydrogen-bond donors (Lipinski definition) is 2. The SMILES string of the molecule is CCC(C)NC(=NCc1ccc2c(c1)OCO2)NCC(=O)N(C)C.I. The Morgan fingerprint density at radius 1 is 1.32 bits per heavy atom. The molecule has 1 amide bonds. The summed E-state index contributed by atoms with van der Waals surface area (Å²) in [5.74, 6) is 2.12. The highest BCUT2D eigenvalue weighted by molar-refractivity contribution is 14.0. The second-order valence-electron chi connectivity index (χ2n) is 5.95. The second-order valence-corrected chi connectivity index (χ2v) is 5.95. The number of amides is 1. The zero-order valence-electron chi connectivity index (χ0n) is 15.2. The van der Waals surface area contributed by atoms with Crippen LogP contribution in [0.5, 0.6) is 11.5 Å². The number of nitrogens with one attached hydrogen (secondary N) is 2. The second kappa shape index (κ2) is 10.3. The van der Waals surface area contributed by atoms with Gasteiger partial charge in [0.1, 0.15) is 0 Å². The molecule has 0 spiro atoms. The van der Waals surface area contributed by atoms with Gasteiger partial charge in [-0.3, -0.25) is 4.79 Å². The minimum Gasteiger partial charge on any atom is -0.454 e. The molecule has 8 heteroatoms. The van der Waals surface area contributed by atoms with E-state index in [1.54, 1.807) is 19.0 Å². The maximum absolute atomic E-state index is 11.8. The standard InChI is InChI=1S/C17H26N4O3.HI/c1-5-12(2)20-17(19-10-16(22)21(3)4)18-9-13-6-7-14-15(8-13)24-11-23-14;/h6-8,12H,5,9-11H2,1-4H3,(H2,18,19,20);1H. The lowest BCUT2D eigenvalue weighted by Gasteiger charge is -2.18. The van der Waals surface area contributed by atoms with E-state index in [2.05, 4.69) is 29.5 Å². The Kier molecular flexibility index (Phi) is 8.81. The Labute approximate surface area is 166 Å². The van der Waals surface area contributed by atoms with Crippen molar-refractivity contribution in [3.05, 3.63) is 23.8 Å². The van der Waals surface area contributed by atoms with Crippen molar-refractivity contribution in [1.82, 2.24) is 15.5 Å². The number of guanidine groups is 1. The molecule has 1 aliphatic rings. The van der Waals surface area contributed by atoms with Gasteiger partial charge in [-0.05, 0) is 31.0 Å². The van der Waals surface area contributed by atoms with Crippen molar-refractivity contribution in [3.63, 3.8) is 0 Å². The summed E-state index contributed by atoms with van der Waals surface area (Å²) in [4.78, 5) is 17.9. The van der Waals surface area contributed by atoms with Crippen molar-refractivity contribution in [2.24, 2.45) is 4.99 Å². The van der Waals surface area contributed by atoms with Gasteiger partial charge in [0.2, 0.25) is 12.7 Å². The van der Waals surface area contributed by atoms with Crippen LogP contribution in [-0.4, -0.2) is 50.2 Å². The molecular formula is C17H27IN4O3. The van der Waals surface area contributed by atoms with Crippen molar-refractivity contribution in [2.45, 2.75) is 32.9 Å². The first-order chi connectivity index (χ1) is 11.5. The van der Waals surface area contributed by atoms with Crippen LogP contribution in [-0.2, 0) is 11.3 Å². The first-order valence-corrected chi connectivity index (χ1v) is 8.13. The Morgan fingerprint density at radius 3 is 2.72 bits per heavy atom. The van der Waals surface area contributed by atoms with Crippen LogP contribution in [0.4, 0.5) is 0 Å². The van der Waals surface area contributed by atoms with Gasteiger partial charge >= 0.3 is 0 Å². The van der Waals surface area contributed by atoms with E-state index < -0.39 is 0 Å². The molecule has 1 atom stereocenters. The summed E-state index contributed by atoms with van der Waals surface area (Å²) < 4.78 is 10.7. The van der Waals surface area contributed by atoms with Gasteiger partial charge in [-0.2, -0.15) is 0 Å². The van der Waals surface area contributed by atoms with Crippen LogP contribution < -0.4 is 20.1 Å². The topological polar surface area (TPSA) is 75.2 Å². The quantitative estimate of drug-likeness (QED) is 0.384. The Morgan fingerprint density at radius 2 is 2.04 bits per heavy atom. The van der Waals surface area contributed by atoms with E-state index in [0.29, 0.717) is 12.5 Å². The number of hydrogen-bond acceptors (Lipinski definition) is 4. The molecule has 0 aromatic heterocycles. The Balaban J connectivity index is 0.00000312. The number of aliphatic imine (C=N–C) groups is 1. The number of carbonyl (C=O) groups is 1. The van der Waals surface area contributed by atoms with Gasteiger partial charge in [0.05, 0.1) is 13.1 Å². The molecule has 7 nitrogen and oxygen atoms in total. The maximum Gasteiger partial charge on any atom is 0.241 e. The molecule has 0 saturated carbocycles. The van der Waals surface area contributed by atoms with Crippen molar-refractivity contribution in [2.75, 3.05) is 27.4 Å². The lowest BCUT2D eigenvalue weighted by Crippen LogP contribution is -2.45. The van der Waals surface area contributed by atoms with Crippen molar-refractivity contribution < 1.29 is 14.3 Å². The average Bonchev–Trinajstić information content (AvgIpc) is 3.04. The fourth-order valence-electron chi connectivity index (χ4n) is 2.02. The maximum atomic E-state index is 11.8. The predicted octanol–water partition coefficient (Wildman–Crippen LogP) is 1.96. The Bertz CT molecular complexity index is 608. The molecule has 1 aromatic carbocycles. The first kappa shape index (κ1) is 21.3. The lowest BCUT2D eigenvalue weighted by atomic mass is 10.2. The highest BCUT2D eigenvalue weighted by atomic mass is 127. The van der Waals surface area contributed by atoms with Crippen molar-refractivity contribution in [3.8, 4) is 11.5 Å². The van der Waals surface area contributed by atoms with Crippen LogP contribution in [0.1, 0.15) is 25.8 Å². The van der Waals surface area contributed by atoms with Gasteiger partial charge < -0.3 is 25.0 Å². The molecule has 0 saturated heterocycles. The van der Waals surface area contributed by atoms with Crippen LogP contribution in [0.25, 0.3) is 0 Å². The van der Waals surface area contributed by atoms with Crippen LogP contribution >= 0.6 is 24.0 Å². The molecule has 0 bridgehead atoms. The average molecular weight is 462 g/mol. The van der Waals surface area contributed by atoms with Crippen LogP contribution in [0.3, 0.4) is 0 Å². The molecule has 0 fully saturated rings. The fourth-order valence-corrected chi connectivity index (χ4v) is 2.02. The number of halogens is 1. The number of ether oxygens (including phenoxy) is 2. The van der Waals surface area contributed by atoms with E-state index in [-0.39, 0.29) is 49.3 Å². The zero-order valence-corrected chi connectivity index (χ0v) is 17.5. The molecular weight excluding hydrogens is 435 g/mol. The summed E-state index contributed by atoms with van der Waals surface area (Å²) in [5.41, 5.74) is 1.02. The van der Waals surface area contributed by atoms with Gasteiger partial charge in [0.15, 0.2) is 17.5 Å². The molecule has 25 heavy (non-hydrogen) atoms. The minimum absolute atomic E-state index is 0. The molecule has 0 radical (unpaired) electrons. The molecule has 1 unspecified atom stereocenters. The number of likely N-dealkylation sites (N-methyl/N-ethyl adjacent to an activating group) is 1. The molecule has 1 heterocycles. The Hall–Kier alpha value is -1.71. The highest BCUT2D eigenvalue weighted by Crippen LogP contribution is 2.32. The summed E-state index contributed by atoms with van der Waals surface area (Å²) in [7, 11) is 3.46. The van der Waals surface area contributed by atoms with Crippen LogP contribution in [0, 0.1) is 0 Å². The van der Waals surface area contributed by atoms with E-state index in [4.69, 9.17) is 9.47 Å². The van der Waals surface area contributed by atoms with E-state index in [0.717, 1.165) is 23.5 Å². The van der Waals surface area contributed by atoms with E-state index >= 15 is 0 Å². The van der Waals surface area contributed by atoms with Crippen molar-refractivity contribution >= 4 is 35.8 Å².